The minimum absolute atomic E-state index is 0.238. The maximum atomic E-state index is 12.1. The van der Waals surface area contributed by atoms with Crippen LogP contribution in [0.4, 0.5) is 13.2 Å². The van der Waals surface area contributed by atoms with Crippen LogP contribution in [0.5, 0.6) is 11.5 Å². The van der Waals surface area contributed by atoms with Gasteiger partial charge < -0.3 is 25.2 Å². The average Bonchev–Trinajstić information content (AvgIpc) is 2.57. The van der Waals surface area contributed by atoms with Crippen LogP contribution in [0, 0.1) is 0 Å². The topological polar surface area (TPSA) is 114 Å². The highest BCUT2D eigenvalue weighted by atomic mass is 19.4. The summed E-state index contributed by atoms with van der Waals surface area (Å²) >= 11 is 0. The Bertz CT molecular complexity index is 693. The van der Waals surface area contributed by atoms with Crippen molar-refractivity contribution in [2.24, 2.45) is 0 Å². The van der Waals surface area contributed by atoms with E-state index >= 15 is 0 Å². The number of hydrogen-bond acceptors (Lipinski definition) is 5. The number of carbonyl (C=O) groups is 3. The smallest absolute Gasteiger partial charge is 0.405 e. The summed E-state index contributed by atoms with van der Waals surface area (Å²) in [6.45, 7) is -1.57. The van der Waals surface area contributed by atoms with Crippen LogP contribution in [0.2, 0.25) is 0 Å². The van der Waals surface area contributed by atoms with Crippen LogP contribution in [0.3, 0.4) is 0 Å². The summed E-state index contributed by atoms with van der Waals surface area (Å²) in [4.78, 5) is 34.5. The van der Waals surface area contributed by atoms with Crippen molar-refractivity contribution < 1.29 is 42.1 Å². The number of nitrogens with one attached hydrogen (secondary N) is 2. The van der Waals surface area contributed by atoms with E-state index in [1.54, 1.807) is 5.32 Å². The summed E-state index contributed by atoms with van der Waals surface area (Å²) in [5.41, 5.74) is 0.310. The molecule has 1 unspecified atom stereocenters. The molecule has 1 aromatic rings. The lowest BCUT2D eigenvalue weighted by Gasteiger charge is -2.20. The highest BCUT2D eigenvalue weighted by molar-refractivity contribution is 5.97. The Morgan fingerprint density at radius 1 is 1.15 bits per heavy atom. The number of ether oxygens (including phenoxy) is 2. The molecule has 2 amide bonds. The summed E-state index contributed by atoms with van der Waals surface area (Å²) < 4.78 is 46.4. The van der Waals surface area contributed by atoms with Crippen LogP contribution in [-0.2, 0) is 14.4 Å². The van der Waals surface area contributed by atoms with E-state index in [1.165, 1.54) is 32.4 Å². The Morgan fingerprint density at radius 2 is 1.81 bits per heavy atom. The monoisotopic (exact) mass is 392 g/mol. The van der Waals surface area contributed by atoms with Crippen molar-refractivity contribution in [3.8, 4) is 11.5 Å². The first-order valence-electron chi connectivity index (χ1n) is 7.62. The maximum Gasteiger partial charge on any atom is 0.405 e. The molecule has 0 radical (unpaired) electrons. The number of aliphatic carboxylic acids is 1. The van der Waals surface area contributed by atoms with Crippen molar-refractivity contribution in [3.63, 3.8) is 0 Å². The number of hydrogen-bond donors (Lipinski definition) is 3. The first-order chi connectivity index (χ1) is 12.6. The van der Waals surface area contributed by atoms with E-state index in [-0.39, 0.29) is 5.75 Å². The summed E-state index contributed by atoms with van der Waals surface area (Å²) in [5.74, 6) is -2.64. The maximum absolute atomic E-state index is 12.1. The Hall–Kier alpha value is -2.98. The van der Waals surface area contributed by atoms with Gasteiger partial charge in [0.15, 0.2) is 0 Å². The van der Waals surface area contributed by atoms with Gasteiger partial charge in [0, 0.05) is 11.6 Å². The molecule has 1 aromatic carbocycles. The van der Waals surface area contributed by atoms with Crippen LogP contribution < -0.4 is 20.1 Å². The van der Waals surface area contributed by atoms with E-state index in [4.69, 9.17) is 14.6 Å². The largest absolute Gasteiger partial charge is 0.497 e. The molecule has 0 heterocycles. The first kappa shape index (κ1) is 22.1. The molecule has 0 saturated heterocycles. The van der Waals surface area contributed by atoms with E-state index in [9.17, 15) is 27.6 Å². The number of methoxy groups -OCH3 is 2. The van der Waals surface area contributed by atoms with Crippen LogP contribution in [-0.4, -0.2) is 49.8 Å². The van der Waals surface area contributed by atoms with Crippen molar-refractivity contribution in [1.29, 1.82) is 0 Å². The summed E-state index contributed by atoms with van der Waals surface area (Å²) in [6, 6.07) is 3.42. The van der Waals surface area contributed by atoms with Crippen LogP contribution in [0.1, 0.15) is 24.4 Å². The quantitative estimate of drug-likeness (QED) is 0.548. The molecule has 0 aliphatic heterocycles. The summed E-state index contributed by atoms with van der Waals surface area (Å²) in [6.07, 6.45) is -6.02. The van der Waals surface area contributed by atoms with Gasteiger partial charge in [-0.15, -0.1) is 0 Å². The van der Waals surface area contributed by atoms with E-state index in [0.29, 0.717) is 11.3 Å². The third-order valence-corrected chi connectivity index (χ3v) is 3.34. The molecule has 0 saturated carbocycles. The molecule has 0 aliphatic rings. The van der Waals surface area contributed by atoms with Gasteiger partial charge in [0.25, 0.3) is 0 Å². The zero-order chi connectivity index (χ0) is 20.6. The fourth-order valence-corrected chi connectivity index (χ4v) is 2.17. The fourth-order valence-electron chi connectivity index (χ4n) is 2.17. The second-order valence-electron chi connectivity index (χ2n) is 5.39. The number of carbonyl (C=O) groups excluding carboxylic acids is 2. The molecule has 1 rings (SSSR count). The molecule has 0 spiro atoms. The zero-order valence-corrected chi connectivity index (χ0v) is 14.6. The van der Waals surface area contributed by atoms with Gasteiger partial charge in [-0.1, -0.05) is 0 Å². The molecular formula is C16H19F3N2O6. The average molecular weight is 392 g/mol. The van der Waals surface area contributed by atoms with E-state index in [1.807, 2.05) is 0 Å². The van der Waals surface area contributed by atoms with Crippen molar-refractivity contribution >= 4 is 17.8 Å². The van der Waals surface area contributed by atoms with Crippen molar-refractivity contribution in [3.05, 3.63) is 23.8 Å². The predicted molar refractivity (Wildman–Crippen MR) is 86.4 cm³/mol. The number of benzene rings is 1. The molecule has 11 heteroatoms. The van der Waals surface area contributed by atoms with Gasteiger partial charge in [-0.05, 0) is 12.1 Å². The van der Waals surface area contributed by atoms with Gasteiger partial charge in [-0.2, -0.15) is 13.2 Å². The van der Waals surface area contributed by atoms with Crippen molar-refractivity contribution in [1.82, 2.24) is 10.6 Å². The Kier molecular flexibility index (Phi) is 7.88. The van der Waals surface area contributed by atoms with Gasteiger partial charge in [-0.3, -0.25) is 14.4 Å². The van der Waals surface area contributed by atoms with Crippen LogP contribution >= 0.6 is 0 Å². The van der Waals surface area contributed by atoms with E-state index in [0.717, 1.165) is 0 Å². The third-order valence-electron chi connectivity index (χ3n) is 3.34. The zero-order valence-electron chi connectivity index (χ0n) is 14.6. The number of carboxylic acid groups (broad SMARTS) is 1. The lowest BCUT2D eigenvalue weighted by atomic mass is 10.0. The second-order valence-corrected chi connectivity index (χ2v) is 5.39. The molecule has 0 aliphatic carbocycles. The molecule has 8 nitrogen and oxygen atoms in total. The SMILES string of the molecule is COc1ccc(C(CC(=O)O)NC(=O)CC(=O)NCC(F)(F)F)c(OC)c1. The number of halogens is 3. The Labute approximate surface area is 152 Å². The molecule has 27 heavy (non-hydrogen) atoms. The van der Waals surface area contributed by atoms with Crippen LogP contribution in [0.15, 0.2) is 18.2 Å². The molecule has 1 atom stereocenters. The first-order valence-corrected chi connectivity index (χ1v) is 7.62. The van der Waals surface area contributed by atoms with E-state index < -0.39 is 49.4 Å². The highest BCUT2D eigenvalue weighted by Crippen LogP contribution is 2.31. The lowest BCUT2D eigenvalue weighted by Crippen LogP contribution is -2.38. The van der Waals surface area contributed by atoms with Crippen molar-refractivity contribution in [2.45, 2.75) is 25.1 Å². The van der Waals surface area contributed by atoms with Gasteiger partial charge in [0.2, 0.25) is 11.8 Å². The summed E-state index contributed by atoms with van der Waals surface area (Å²) in [7, 11) is 2.76. The minimum atomic E-state index is -4.60. The fraction of sp³-hybridized carbons (Fsp3) is 0.438. The Balaban J connectivity index is 2.88. The number of alkyl halides is 3. The van der Waals surface area contributed by atoms with E-state index in [2.05, 4.69) is 5.32 Å². The molecular weight excluding hydrogens is 373 g/mol. The molecule has 3 N–H and O–H groups in total. The van der Waals surface area contributed by atoms with Gasteiger partial charge in [0.05, 0.1) is 26.7 Å². The normalized spacial score (nSPS) is 12.0. The lowest BCUT2D eigenvalue weighted by molar-refractivity contribution is -0.141. The highest BCUT2D eigenvalue weighted by Gasteiger charge is 2.28. The molecule has 0 fully saturated rings. The standard InChI is InChI=1S/C16H19F3N2O6/c1-26-9-3-4-10(12(5-9)27-2)11(6-15(24)25)21-14(23)7-13(22)20-8-16(17,18)19/h3-5,11H,6-8H2,1-2H3,(H,20,22)(H,21,23)(H,24,25). The van der Waals surface area contributed by atoms with Gasteiger partial charge in [0.1, 0.15) is 24.5 Å². The van der Waals surface area contributed by atoms with Gasteiger partial charge >= 0.3 is 12.1 Å². The van der Waals surface area contributed by atoms with Gasteiger partial charge in [-0.25, -0.2) is 0 Å². The number of amides is 2. The number of carboxylic acids is 1. The molecule has 150 valence electrons. The third kappa shape index (κ3) is 7.84. The molecule has 0 aromatic heterocycles. The molecule has 0 bridgehead atoms. The summed E-state index contributed by atoms with van der Waals surface area (Å²) in [5, 5.41) is 12.9. The number of rotatable bonds is 9. The van der Waals surface area contributed by atoms with Crippen molar-refractivity contribution in [2.75, 3.05) is 20.8 Å². The Morgan fingerprint density at radius 3 is 2.33 bits per heavy atom. The predicted octanol–water partition coefficient (Wildman–Crippen LogP) is 1.40. The second kappa shape index (κ2) is 9.64. The van der Waals surface area contributed by atoms with Crippen LogP contribution in [0.25, 0.3) is 0 Å². The minimum Gasteiger partial charge on any atom is -0.497 e.